The van der Waals surface area contributed by atoms with E-state index in [2.05, 4.69) is 50.4 Å². The zero-order valence-corrected chi connectivity index (χ0v) is 10.5. The van der Waals surface area contributed by atoms with Crippen LogP contribution in [-0.4, -0.2) is 6.04 Å². The van der Waals surface area contributed by atoms with E-state index in [9.17, 15) is 0 Å². The maximum Gasteiger partial charge on any atom is 0.0407 e. The zero-order valence-electron chi connectivity index (χ0n) is 10.5. The van der Waals surface area contributed by atoms with Crippen LogP contribution in [0.3, 0.4) is 0 Å². The first-order valence-corrected chi connectivity index (χ1v) is 6.40. The summed E-state index contributed by atoms with van der Waals surface area (Å²) in [5.74, 6) is 0. The third kappa shape index (κ3) is 1.17. The number of hydrogen-bond donors (Lipinski definition) is 1. The van der Waals surface area contributed by atoms with Crippen LogP contribution < -0.4 is 5.32 Å². The van der Waals surface area contributed by atoms with Crippen molar-refractivity contribution in [1.82, 2.24) is 0 Å². The van der Waals surface area contributed by atoms with Gasteiger partial charge in [-0.15, -0.1) is 0 Å². The van der Waals surface area contributed by atoms with E-state index in [1.807, 2.05) is 0 Å². The standard InChI is InChI=1S/C15H21N/c1-14(2)9-6-10-15(3)11-7-4-5-8-12(11)16-13(14)15/h4-5,7-8,13,16H,6,9-10H2,1-3H3/t13-,15-/m0/s1. The second-order valence-electron chi connectivity index (χ2n) is 6.38. The number of fused-ring (bicyclic) bond motifs is 3. The highest BCUT2D eigenvalue weighted by Crippen LogP contribution is 2.54. The van der Waals surface area contributed by atoms with Crippen molar-refractivity contribution >= 4 is 5.69 Å². The molecular weight excluding hydrogens is 194 g/mol. The van der Waals surface area contributed by atoms with Crippen LogP contribution in [0.15, 0.2) is 24.3 Å². The molecule has 16 heavy (non-hydrogen) atoms. The lowest BCUT2D eigenvalue weighted by Gasteiger charge is -2.47. The molecule has 1 nitrogen and oxygen atoms in total. The van der Waals surface area contributed by atoms with Crippen LogP contribution in [0.1, 0.15) is 45.6 Å². The zero-order chi connectivity index (χ0) is 11.4. The molecule has 1 heteroatoms. The van der Waals surface area contributed by atoms with Gasteiger partial charge in [0, 0.05) is 17.1 Å². The van der Waals surface area contributed by atoms with Gasteiger partial charge in [-0.1, -0.05) is 45.4 Å². The number of benzene rings is 1. The molecule has 1 saturated carbocycles. The molecular formula is C15H21N. The summed E-state index contributed by atoms with van der Waals surface area (Å²) in [4.78, 5) is 0. The smallest absolute Gasteiger partial charge is 0.0407 e. The van der Waals surface area contributed by atoms with Crippen LogP contribution in [0.5, 0.6) is 0 Å². The molecule has 0 unspecified atom stereocenters. The predicted molar refractivity (Wildman–Crippen MR) is 68.8 cm³/mol. The van der Waals surface area contributed by atoms with Gasteiger partial charge in [-0.2, -0.15) is 0 Å². The van der Waals surface area contributed by atoms with E-state index in [1.54, 1.807) is 0 Å². The van der Waals surface area contributed by atoms with Crippen LogP contribution in [0.4, 0.5) is 5.69 Å². The minimum atomic E-state index is 0.346. The first-order valence-electron chi connectivity index (χ1n) is 6.40. The van der Waals surface area contributed by atoms with Crippen molar-refractivity contribution in [3.63, 3.8) is 0 Å². The fourth-order valence-corrected chi connectivity index (χ4v) is 3.97. The molecule has 0 spiro atoms. The van der Waals surface area contributed by atoms with E-state index < -0.39 is 0 Å². The van der Waals surface area contributed by atoms with Crippen molar-refractivity contribution in [3.05, 3.63) is 29.8 Å². The molecule has 0 bridgehead atoms. The summed E-state index contributed by atoms with van der Waals surface area (Å²) < 4.78 is 0. The SMILES string of the molecule is CC1(C)CCC[C@@]2(C)c3ccccc3N[C@@H]12. The second kappa shape index (κ2) is 3.03. The second-order valence-corrected chi connectivity index (χ2v) is 6.38. The Morgan fingerprint density at radius 2 is 1.88 bits per heavy atom. The molecule has 1 aliphatic carbocycles. The molecule has 3 rings (SSSR count). The Morgan fingerprint density at radius 1 is 1.12 bits per heavy atom. The molecule has 86 valence electrons. The topological polar surface area (TPSA) is 12.0 Å². The van der Waals surface area contributed by atoms with E-state index in [4.69, 9.17) is 0 Å². The van der Waals surface area contributed by atoms with Gasteiger partial charge in [-0.05, 0) is 29.9 Å². The molecule has 1 fully saturated rings. The van der Waals surface area contributed by atoms with Gasteiger partial charge >= 0.3 is 0 Å². The highest BCUT2D eigenvalue weighted by Gasteiger charge is 2.51. The first kappa shape index (κ1) is 10.2. The molecule has 0 aromatic heterocycles. The summed E-state index contributed by atoms with van der Waals surface area (Å²) in [5.41, 5.74) is 3.66. The maximum atomic E-state index is 3.77. The molecule has 0 radical (unpaired) electrons. The van der Waals surface area contributed by atoms with E-state index in [1.165, 1.54) is 30.5 Å². The molecule has 1 aromatic carbocycles. The van der Waals surface area contributed by atoms with Gasteiger partial charge < -0.3 is 5.32 Å². The number of nitrogens with one attached hydrogen (secondary N) is 1. The molecule has 0 saturated heterocycles. The van der Waals surface area contributed by atoms with Crippen molar-refractivity contribution in [2.45, 2.75) is 51.5 Å². The van der Waals surface area contributed by atoms with E-state index in [-0.39, 0.29) is 0 Å². The first-order chi connectivity index (χ1) is 7.54. The summed E-state index contributed by atoms with van der Waals surface area (Å²) in [5, 5.41) is 3.77. The fourth-order valence-electron chi connectivity index (χ4n) is 3.97. The van der Waals surface area contributed by atoms with E-state index in [0.717, 1.165) is 0 Å². The largest absolute Gasteiger partial charge is 0.381 e. The average molecular weight is 215 g/mol. The lowest BCUT2D eigenvalue weighted by molar-refractivity contribution is 0.144. The van der Waals surface area contributed by atoms with Crippen LogP contribution in [0.2, 0.25) is 0 Å². The summed E-state index contributed by atoms with van der Waals surface area (Å²) >= 11 is 0. The number of rotatable bonds is 0. The summed E-state index contributed by atoms with van der Waals surface area (Å²) in [6.45, 7) is 7.26. The Bertz CT molecular complexity index is 421. The van der Waals surface area contributed by atoms with Crippen molar-refractivity contribution in [3.8, 4) is 0 Å². The highest BCUT2D eigenvalue weighted by atomic mass is 15.0. The van der Waals surface area contributed by atoms with Crippen LogP contribution >= 0.6 is 0 Å². The van der Waals surface area contributed by atoms with Gasteiger partial charge in [0.2, 0.25) is 0 Å². The van der Waals surface area contributed by atoms with Crippen LogP contribution in [0.25, 0.3) is 0 Å². The lowest BCUT2D eigenvalue weighted by Crippen LogP contribution is -2.49. The quantitative estimate of drug-likeness (QED) is 0.691. The van der Waals surface area contributed by atoms with Gasteiger partial charge in [-0.3, -0.25) is 0 Å². The number of hydrogen-bond acceptors (Lipinski definition) is 1. The highest BCUT2D eigenvalue weighted by molar-refractivity contribution is 5.62. The third-order valence-electron chi connectivity index (χ3n) is 4.78. The van der Waals surface area contributed by atoms with Crippen LogP contribution in [-0.2, 0) is 5.41 Å². The monoisotopic (exact) mass is 215 g/mol. The van der Waals surface area contributed by atoms with E-state index in [0.29, 0.717) is 16.9 Å². The molecule has 1 N–H and O–H groups in total. The molecule has 1 aromatic rings. The average Bonchev–Trinajstić information content (AvgIpc) is 2.54. The Balaban J connectivity index is 2.12. The van der Waals surface area contributed by atoms with Gasteiger partial charge in [0.25, 0.3) is 0 Å². The molecule has 2 aliphatic rings. The van der Waals surface area contributed by atoms with Crippen molar-refractivity contribution in [2.24, 2.45) is 5.41 Å². The Morgan fingerprint density at radius 3 is 2.69 bits per heavy atom. The number of anilines is 1. The van der Waals surface area contributed by atoms with Crippen molar-refractivity contribution in [2.75, 3.05) is 5.32 Å². The van der Waals surface area contributed by atoms with Crippen LogP contribution in [0, 0.1) is 5.41 Å². The Kier molecular flexibility index (Phi) is 1.93. The Labute approximate surface area is 98.3 Å². The maximum absolute atomic E-state index is 3.77. The predicted octanol–water partition coefficient (Wildman–Crippen LogP) is 3.95. The summed E-state index contributed by atoms with van der Waals surface area (Å²) in [7, 11) is 0. The van der Waals surface area contributed by atoms with Crippen molar-refractivity contribution in [1.29, 1.82) is 0 Å². The summed E-state index contributed by atoms with van der Waals surface area (Å²) in [6.07, 6.45) is 4.02. The lowest BCUT2D eigenvalue weighted by atomic mass is 9.60. The molecule has 1 heterocycles. The van der Waals surface area contributed by atoms with Gasteiger partial charge in [0.1, 0.15) is 0 Å². The molecule has 1 aliphatic heterocycles. The van der Waals surface area contributed by atoms with E-state index >= 15 is 0 Å². The normalized spacial score (nSPS) is 35.1. The van der Waals surface area contributed by atoms with Gasteiger partial charge in [0.05, 0.1) is 0 Å². The minimum absolute atomic E-state index is 0.346. The minimum Gasteiger partial charge on any atom is -0.381 e. The number of para-hydroxylation sites is 1. The molecule has 0 amide bonds. The fraction of sp³-hybridized carbons (Fsp3) is 0.600. The summed E-state index contributed by atoms with van der Waals surface area (Å²) in [6, 6.07) is 9.46. The van der Waals surface area contributed by atoms with Gasteiger partial charge in [0.15, 0.2) is 0 Å². The van der Waals surface area contributed by atoms with Gasteiger partial charge in [-0.25, -0.2) is 0 Å². The van der Waals surface area contributed by atoms with Crippen molar-refractivity contribution < 1.29 is 0 Å². The third-order valence-corrected chi connectivity index (χ3v) is 4.78. The Hall–Kier alpha value is -0.980. The molecule has 2 atom stereocenters.